The van der Waals surface area contributed by atoms with Crippen LogP contribution in [0.4, 0.5) is 4.39 Å². The number of carbonyl (C=O) groups excluding carboxylic acids is 1. The van der Waals surface area contributed by atoms with E-state index in [-0.39, 0.29) is 30.7 Å². The Morgan fingerprint density at radius 3 is 2.82 bits per heavy atom. The maximum absolute atomic E-state index is 13.7. The third kappa shape index (κ3) is 5.25. The predicted molar refractivity (Wildman–Crippen MR) is 79.4 cm³/mol. The molecule has 1 amide bonds. The predicted octanol–water partition coefficient (Wildman–Crippen LogP) is 0.822. The Balaban J connectivity index is 0.00000242. The Morgan fingerprint density at radius 2 is 2.14 bits per heavy atom. The summed E-state index contributed by atoms with van der Waals surface area (Å²) in [6, 6.07) is 6.38. The van der Waals surface area contributed by atoms with E-state index in [4.69, 9.17) is 9.84 Å². The zero-order chi connectivity index (χ0) is 15.2. The number of benzene rings is 1. The topological polar surface area (TPSA) is 78.9 Å². The largest absolute Gasteiger partial charge is 0.480 e. The van der Waals surface area contributed by atoms with Gasteiger partial charge >= 0.3 is 5.97 Å². The Kier molecular flexibility index (Phi) is 7.23. The average molecular weight is 333 g/mol. The maximum atomic E-state index is 13.7. The lowest BCUT2D eigenvalue weighted by Crippen LogP contribution is -2.45. The number of hydrogen-bond acceptors (Lipinski definition) is 4. The van der Waals surface area contributed by atoms with Crippen LogP contribution in [0.5, 0.6) is 0 Å². The number of morpholine rings is 1. The quantitative estimate of drug-likeness (QED) is 0.834. The van der Waals surface area contributed by atoms with Crippen molar-refractivity contribution in [3.8, 4) is 0 Å². The van der Waals surface area contributed by atoms with Gasteiger partial charge in [-0.2, -0.15) is 0 Å². The SMILES string of the molecule is Cl.O=C(O)CNC(=O)CN1CCOC(c2ccccc2F)C1. The molecule has 0 aromatic heterocycles. The van der Waals surface area contributed by atoms with Crippen LogP contribution in [0, 0.1) is 5.82 Å². The number of hydrogen-bond donors (Lipinski definition) is 2. The fourth-order valence-corrected chi connectivity index (χ4v) is 2.20. The molecular weight excluding hydrogens is 315 g/mol. The number of halogens is 2. The Labute approximate surface area is 133 Å². The summed E-state index contributed by atoms with van der Waals surface area (Å²) in [4.78, 5) is 23.8. The highest BCUT2D eigenvalue weighted by Crippen LogP contribution is 2.24. The van der Waals surface area contributed by atoms with E-state index >= 15 is 0 Å². The highest BCUT2D eigenvalue weighted by Gasteiger charge is 2.25. The van der Waals surface area contributed by atoms with E-state index in [1.54, 1.807) is 18.2 Å². The Hall–Kier alpha value is -1.70. The minimum Gasteiger partial charge on any atom is -0.480 e. The van der Waals surface area contributed by atoms with Crippen molar-refractivity contribution in [2.75, 3.05) is 32.8 Å². The molecule has 122 valence electrons. The molecule has 6 nitrogen and oxygen atoms in total. The van der Waals surface area contributed by atoms with Crippen molar-refractivity contribution in [2.45, 2.75) is 6.10 Å². The van der Waals surface area contributed by atoms with Gasteiger partial charge in [-0.3, -0.25) is 14.5 Å². The highest BCUT2D eigenvalue weighted by atomic mass is 35.5. The summed E-state index contributed by atoms with van der Waals surface area (Å²) < 4.78 is 19.3. The fraction of sp³-hybridized carbons (Fsp3) is 0.429. The smallest absolute Gasteiger partial charge is 0.322 e. The number of carboxylic acid groups (broad SMARTS) is 1. The van der Waals surface area contributed by atoms with Gasteiger partial charge in [0.2, 0.25) is 5.91 Å². The van der Waals surface area contributed by atoms with Gasteiger partial charge in [-0.05, 0) is 6.07 Å². The Bertz CT molecular complexity index is 529. The lowest BCUT2D eigenvalue weighted by Gasteiger charge is -2.32. The zero-order valence-electron chi connectivity index (χ0n) is 11.8. The third-order valence-electron chi connectivity index (χ3n) is 3.21. The summed E-state index contributed by atoms with van der Waals surface area (Å²) in [5.41, 5.74) is 0.466. The molecule has 1 aliphatic heterocycles. The van der Waals surface area contributed by atoms with Crippen LogP contribution < -0.4 is 5.32 Å². The number of aliphatic carboxylic acids is 1. The summed E-state index contributed by atoms with van der Waals surface area (Å²) >= 11 is 0. The molecule has 1 unspecified atom stereocenters. The van der Waals surface area contributed by atoms with Crippen molar-refractivity contribution >= 4 is 24.3 Å². The van der Waals surface area contributed by atoms with E-state index in [1.165, 1.54) is 6.07 Å². The van der Waals surface area contributed by atoms with E-state index in [2.05, 4.69) is 5.32 Å². The summed E-state index contributed by atoms with van der Waals surface area (Å²) in [5.74, 6) is -1.79. The van der Waals surface area contributed by atoms with Crippen molar-refractivity contribution < 1.29 is 23.8 Å². The summed E-state index contributed by atoms with van der Waals surface area (Å²) in [5, 5.41) is 10.8. The van der Waals surface area contributed by atoms with Gasteiger partial charge < -0.3 is 15.2 Å². The second-order valence-electron chi connectivity index (χ2n) is 4.79. The summed E-state index contributed by atoms with van der Waals surface area (Å²) in [6.07, 6.45) is -0.424. The van der Waals surface area contributed by atoms with E-state index < -0.39 is 18.6 Å². The number of ether oxygens (including phenoxy) is 1. The minimum atomic E-state index is -1.09. The molecule has 1 aliphatic rings. The van der Waals surface area contributed by atoms with Crippen molar-refractivity contribution in [3.63, 3.8) is 0 Å². The molecule has 2 N–H and O–H groups in total. The molecule has 0 saturated carbocycles. The van der Waals surface area contributed by atoms with Gasteiger partial charge in [0.1, 0.15) is 12.4 Å². The summed E-state index contributed by atoms with van der Waals surface area (Å²) in [7, 11) is 0. The molecule has 0 bridgehead atoms. The second kappa shape index (κ2) is 8.67. The molecule has 1 aromatic carbocycles. The standard InChI is InChI=1S/C14H17FN2O4.ClH/c15-11-4-2-1-3-10(11)12-8-17(5-6-21-12)9-13(18)16-7-14(19)20;/h1-4,12H,5-9H2,(H,16,18)(H,19,20);1H. The van der Waals surface area contributed by atoms with Gasteiger partial charge in [-0.15, -0.1) is 12.4 Å². The lowest BCUT2D eigenvalue weighted by molar-refractivity contribution is -0.138. The van der Waals surface area contributed by atoms with Crippen molar-refractivity contribution in [3.05, 3.63) is 35.6 Å². The van der Waals surface area contributed by atoms with E-state index in [0.717, 1.165) is 0 Å². The van der Waals surface area contributed by atoms with Crippen LogP contribution in [0.1, 0.15) is 11.7 Å². The van der Waals surface area contributed by atoms with Crippen LogP contribution in [-0.2, 0) is 14.3 Å². The van der Waals surface area contributed by atoms with Crippen molar-refractivity contribution in [1.82, 2.24) is 10.2 Å². The zero-order valence-corrected chi connectivity index (χ0v) is 12.6. The number of amides is 1. The van der Waals surface area contributed by atoms with Gasteiger partial charge in [0, 0.05) is 18.7 Å². The fourth-order valence-electron chi connectivity index (χ4n) is 2.20. The van der Waals surface area contributed by atoms with Gasteiger partial charge in [0.15, 0.2) is 0 Å². The first kappa shape index (κ1) is 18.3. The van der Waals surface area contributed by atoms with Crippen LogP contribution in [0.15, 0.2) is 24.3 Å². The minimum absolute atomic E-state index is 0. The van der Waals surface area contributed by atoms with Gasteiger partial charge in [-0.25, -0.2) is 4.39 Å². The number of nitrogens with one attached hydrogen (secondary N) is 1. The number of rotatable bonds is 5. The van der Waals surface area contributed by atoms with Gasteiger partial charge in [0.25, 0.3) is 0 Å². The first-order valence-electron chi connectivity index (χ1n) is 6.63. The molecule has 1 atom stereocenters. The van der Waals surface area contributed by atoms with Crippen LogP contribution in [0.2, 0.25) is 0 Å². The first-order chi connectivity index (χ1) is 10.1. The van der Waals surface area contributed by atoms with Crippen LogP contribution in [0.3, 0.4) is 0 Å². The molecule has 1 aromatic rings. The number of carboxylic acids is 1. The van der Waals surface area contributed by atoms with Crippen LogP contribution in [0.25, 0.3) is 0 Å². The van der Waals surface area contributed by atoms with E-state index in [1.807, 2.05) is 4.90 Å². The molecule has 22 heavy (non-hydrogen) atoms. The number of carbonyl (C=O) groups is 2. The van der Waals surface area contributed by atoms with E-state index in [0.29, 0.717) is 25.3 Å². The molecule has 0 spiro atoms. The van der Waals surface area contributed by atoms with E-state index in [9.17, 15) is 14.0 Å². The molecule has 8 heteroatoms. The maximum Gasteiger partial charge on any atom is 0.322 e. The highest BCUT2D eigenvalue weighted by molar-refractivity contribution is 5.85. The van der Waals surface area contributed by atoms with Crippen LogP contribution >= 0.6 is 12.4 Å². The average Bonchev–Trinajstić information content (AvgIpc) is 2.46. The second-order valence-corrected chi connectivity index (χ2v) is 4.79. The molecule has 0 radical (unpaired) electrons. The lowest BCUT2D eigenvalue weighted by atomic mass is 10.1. The van der Waals surface area contributed by atoms with Crippen molar-refractivity contribution in [2.24, 2.45) is 0 Å². The molecule has 1 heterocycles. The molecular formula is C14H18ClFN2O4. The summed E-state index contributed by atoms with van der Waals surface area (Å²) in [6.45, 7) is 1.000. The monoisotopic (exact) mass is 332 g/mol. The number of nitrogens with zero attached hydrogens (tertiary/aromatic N) is 1. The molecule has 0 aliphatic carbocycles. The molecule has 1 fully saturated rings. The molecule has 1 saturated heterocycles. The molecule has 2 rings (SSSR count). The third-order valence-corrected chi connectivity index (χ3v) is 3.21. The van der Waals surface area contributed by atoms with Gasteiger partial charge in [0.05, 0.1) is 19.3 Å². The normalized spacial score (nSPS) is 18.3. The van der Waals surface area contributed by atoms with Crippen molar-refractivity contribution in [1.29, 1.82) is 0 Å². The van der Waals surface area contributed by atoms with Crippen LogP contribution in [-0.4, -0.2) is 54.7 Å². The van der Waals surface area contributed by atoms with Gasteiger partial charge in [-0.1, -0.05) is 18.2 Å². The Morgan fingerprint density at radius 1 is 1.41 bits per heavy atom. The first-order valence-corrected chi connectivity index (χ1v) is 6.63.